The van der Waals surface area contributed by atoms with E-state index >= 15 is 0 Å². The van der Waals surface area contributed by atoms with Crippen LogP contribution in [0.1, 0.15) is 178 Å². The van der Waals surface area contributed by atoms with Gasteiger partial charge in [0.2, 0.25) is 0 Å². The Kier molecular flexibility index (Phi) is 64.6. The van der Waals surface area contributed by atoms with Gasteiger partial charge in [-0.3, -0.25) is 4.90 Å². The zero-order valence-electron chi connectivity index (χ0n) is 35.6. The van der Waals surface area contributed by atoms with Gasteiger partial charge in [-0.05, 0) is 0 Å². The molecule has 0 aromatic rings. The van der Waals surface area contributed by atoms with E-state index in [-0.39, 0.29) is 19.8 Å². The molecule has 0 unspecified atom stereocenters. The summed E-state index contributed by atoms with van der Waals surface area (Å²) < 4.78 is 15.1. The van der Waals surface area contributed by atoms with Crippen LogP contribution in [0.3, 0.4) is 0 Å². The van der Waals surface area contributed by atoms with Crippen LogP contribution in [0.2, 0.25) is 39.9 Å². The molecule has 0 heterocycles. The topological polar surface area (TPSA) is 63.9 Å². The fraction of sp³-hybridized carbons (Fsp3) is 1.00. The van der Waals surface area contributed by atoms with Crippen molar-refractivity contribution < 1.29 is 15.3 Å². The van der Waals surface area contributed by atoms with Gasteiger partial charge in [0.15, 0.2) is 0 Å². The minimum atomic E-state index is -0.839. The number of hydrogen-bond donors (Lipinski definition) is 3. The van der Waals surface area contributed by atoms with Gasteiger partial charge < -0.3 is 15.3 Å². The number of rotatable bonds is 33. The first-order valence-corrected chi connectivity index (χ1v) is 40.1. The summed E-state index contributed by atoms with van der Waals surface area (Å²) in [5.74, 6) is 0. The minimum Gasteiger partial charge on any atom is -0.395 e. The molecule has 4 nitrogen and oxygen atoms in total. The molecule has 0 fully saturated rings. The summed E-state index contributed by atoms with van der Waals surface area (Å²) in [7, 11) is 0. The summed E-state index contributed by atoms with van der Waals surface area (Å²) in [5, 5.41) is 25.5. The largest absolute Gasteiger partial charge is 0.395 e. The summed E-state index contributed by atoms with van der Waals surface area (Å²) in [6.07, 6.45) is 26.5. The van der Waals surface area contributed by atoms with E-state index in [4.69, 9.17) is 15.3 Å². The summed E-state index contributed by atoms with van der Waals surface area (Å²) in [6.45, 7) is 22.8. The van der Waals surface area contributed by atoms with E-state index in [1.54, 1.807) is 44.8 Å². The predicted octanol–water partition coefficient (Wildman–Crippen LogP) is 12.9. The number of aliphatic hydroxyl groups is 3. The van der Waals surface area contributed by atoms with Gasteiger partial charge >= 0.3 is 277 Å². The SMILES string of the molecule is CCC[CH2][Sn]([CH2]CCC)[CH2]CCC.CCC[CH2][Sn]([CH2]CCC)[CH2]CCC.CCC[CH2][Sn]([CH2]CCC)[CH2]CCC.OCCN(CCO)CCO. The molecule has 0 saturated carbocycles. The van der Waals surface area contributed by atoms with E-state index in [9.17, 15) is 0 Å². The first-order valence-electron chi connectivity index (χ1n) is 21.9. The number of nitrogens with zero attached hydrogens (tertiary/aromatic N) is 1. The third kappa shape index (κ3) is 52.4. The molecular weight excluding hydrogens is 923 g/mol. The van der Waals surface area contributed by atoms with Crippen molar-refractivity contribution in [1.82, 2.24) is 4.90 Å². The van der Waals surface area contributed by atoms with Crippen LogP contribution in [0.4, 0.5) is 0 Å². The molecule has 0 bridgehead atoms. The molecule has 0 saturated heterocycles. The monoisotopic (exact) mass is 1020 g/mol. The van der Waals surface area contributed by atoms with Crippen molar-refractivity contribution in [3.8, 4) is 0 Å². The Hall–Kier alpha value is 2.24. The third-order valence-corrected chi connectivity index (χ3v) is 36.4. The van der Waals surface area contributed by atoms with E-state index in [0.29, 0.717) is 19.6 Å². The fourth-order valence-corrected chi connectivity index (χ4v) is 34.1. The third-order valence-electron chi connectivity index (χ3n) is 9.20. The molecule has 0 atom stereocenters. The van der Waals surface area contributed by atoms with Crippen LogP contribution in [-0.4, -0.2) is 119 Å². The van der Waals surface area contributed by atoms with Gasteiger partial charge in [0.1, 0.15) is 0 Å². The second-order valence-electron chi connectivity index (χ2n) is 14.2. The maximum Gasteiger partial charge on any atom is 0.0558 e. The quantitative estimate of drug-likeness (QED) is 0.0573. The van der Waals surface area contributed by atoms with E-state index in [0.717, 1.165) is 0 Å². The Balaban J connectivity index is -0.000000277. The predicted molar refractivity (Wildman–Crippen MR) is 232 cm³/mol. The van der Waals surface area contributed by atoms with Gasteiger partial charge in [-0.15, -0.1) is 0 Å². The molecule has 0 spiro atoms. The smallest absolute Gasteiger partial charge is 0.0558 e. The number of aliphatic hydroxyl groups excluding tert-OH is 3. The summed E-state index contributed by atoms with van der Waals surface area (Å²) in [6, 6.07) is 0. The Bertz CT molecular complexity index is 405. The molecule has 0 aliphatic carbocycles. The van der Waals surface area contributed by atoms with E-state index in [2.05, 4.69) is 62.3 Å². The molecule has 7 heteroatoms. The van der Waals surface area contributed by atoms with Crippen LogP contribution in [0, 0.1) is 0 Å². The molecular formula is C42H96NO3Sn3. The van der Waals surface area contributed by atoms with Crippen molar-refractivity contribution in [2.75, 3.05) is 39.5 Å². The van der Waals surface area contributed by atoms with E-state index < -0.39 is 59.3 Å². The molecule has 0 aromatic heterocycles. The average Bonchev–Trinajstić information content (AvgIpc) is 3.12. The number of hydrogen-bond acceptors (Lipinski definition) is 4. The van der Waals surface area contributed by atoms with Crippen LogP contribution in [0.25, 0.3) is 0 Å². The molecule has 0 rings (SSSR count). The van der Waals surface area contributed by atoms with Gasteiger partial charge in [0.05, 0.1) is 19.8 Å². The molecule has 49 heavy (non-hydrogen) atoms. The first kappa shape index (κ1) is 58.0. The minimum absolute atomic E-state index is 0.0694. The molecule has 0 aromatic carbocycles. The zero-order chi connectivity index (χ0) is 37.6. The molecule has 0 amide bonds. The zero-order valence-corrected chi connectivity index (χ0v) is 44.2. The Morgan fingerprint density at radius 3 is 0.531 bits per heavy atom. The van der Waals surface area contributed by atoms with Crippen molar-refractivity contribution in [1.29, 1.82) is 0 Å². The van der Waals surface area contributed by atoms with Crippen LogP contribution in [0.15, 0.2) is 0 Å². The van der Waals surface area contributed by atoms with Crippen molar-refractivity contribution in [3.63, 3.8) is 0 Å². The van der Waals surface area contributed by atoms with Crippen LogP contribution < -0.4 is 0 Å². The summed E-state index contributed by atoms with van der Waals surface area (Å²) >= 11 is -2.52. The Labute approximate surface area is 333 Å². The van der Waals surface area contributed by atoms with Crippen molar-refractivity contribution in [2.45, 2.75) is 218 Å². The molecule has 3 N–H and O–H groups in total. The summed E-state index contributed by atoms with van der Waals surface area (Å²) in [4.78, 5) is 1.79. The molecule has 299 valence electrons. The first-order chi connectivity index (χ1) is 23.9. The van der Waals surface area contributed by atoms with Gasteiger partial charge in [-0.2, -0.15) is 0 Å². The van der Waals surface area contributed by atoms with Crippen LogP contribution in [0.5, 0.6) is 0 Å². The maximum absolute atomic E-state index is 8.48. The number of unbranched alkanes of at least 4 members (excludes halogenated alkanes) is 9. The van der Waals surface area contributed by atoms with Gasteiger partial charge in [-0.25, -0.2) is 0 Å². The molecule has 0 aliphatic rings. The summed E-state index contributed by atoms with van der Waals surface area (Å²) in [5.41, 5.74) is 0. The molecule has 3 radical (unpaired) electrons. The fourth-order valence-electron chi connectivity index (χ4n) is 5.73. The van der Waals surface area contributed by atoms with Crippen LogP contribution >= 0.6 is 0 Å². The van der Waals surface area contributed by atoms with Gasteiger partial charge in [0.25, 0.3) is 0 Å². The van der Waals surface area contributed by atoms with E-state index in [1.165, 1.54) is 116 Å². The second-order valence-corrected chi connectivity index (χ2v) is 39.9. The van der Waals surface area contributed by atoms with Crippen LogP contribution in [-0.2, 0) is 0 Å². The standard InChI is InChI=1S/C6H15NO3.9C4H9.3Sn/c8-4-1-7(2-5-9)3-6-10;9*1-3-4-2;;;/h8-10H,1-6H2;9*1,3-4H2,2H3;;;. The van der Waals surface area contributed by atoms with Gasteiger partial charge in [0, 0.05) is 19.6 Å². The van der Waals surface area contributed by atoms with Crippen molar-refractivity contribution in [3.05, 3.63) is 0 Å². The Morgan fingerprint density at radius 1 is 0.286 bits per heavy atom. The maximum atomic E-state index is 8.48. The Morgan fingerprint density at radius 2 is 0.429 bits per heavy atom. The average molecular weight is 1020 g/mol. The molecule has 0 aliphatic heterocycles. The normalized spacial score (nSPS) is 11.0. The van der Waals surface area contributed by atoms with Crippen molar-refractivity contribution >= 4 is 59.3 Å². The van der Waals surface area contributed by atoms with Gasteiger partial charge in [-0.1, -0.05) is 0 Å². The van der Waals surface area contributed by atoms with Crippen molar-refractivity contribution in [2.24, 2.45) is 0 Å². The van der Waals surface area contributed by atoms with E-state index in [1.807, 2.05) is 0 Å². The second kappa shape index (κ2) is 54.6.